The van der Waals surface area contributed by atoms with E-state index in [0.29, 0.717) is 6.04 Å². The van der Waals surface area contributed by atoms with Crippen LogP contribution in [0.2, 0.25) is 0 Å². The summed E-state index contributed by atoms with van der Waals surface area (Å²) >= 11 is 0. The summed E-state index contributed by atoms with van der Waals surface area (Å²) in [5.41, 5.74) is 4.46. The van der Waals surface area contributed by atoms with E-state index in [1.807, 2.05) is 0 Å². The number of fused-ring (bicyclic) bond motifs is 1. The summed E-state index contributed by atoms with van der Waals surface area (Å²) in [5.74, 6) is 0. The molecule has 1 unspecified atom stereocenters. The molecule has 0 aromatic heterocycles. The first kappa shape index (κ1) is 12.6. The molecule has 17 heavy (non-hydrogen) atoms. The van der Waals surface area contributed by atoms with Gasteiger partial charge >= 0.3 is 0 Å². The molecule has 1 atom stereocenters. The predicted molar refractivity (Wildman–Crippen MR) is 71.4 cm³/mol. The summed E-state index contributed by atoms with van der Waals surface area (Å²) in [5, 5.41) is 3.64. The van der Waals surface area contributed by atoms with Gasteiger partial charge in [-0.1, -0.05) is 25.1 Å². The highest BCUT2D eigenvalue weighted by atomic mass is 16.5. The SMILES string of the molecule is CCc1ccc2c(c1)C(CCOC)NCCC2. The lowest BCUT2D eigenvalue weighted by molar-refractivity contribution is 0.183. The molecule has 0 saturated carbocycles. The third-order valence-electron chi connectivity index (χ3n) is 3.62. The molecule has 1 heterocycles. The van der Waals surface area contributed by atoms with E-state index in [4.69, 9.17) is 4.74 Å². The number of aryl methyl sites for hydroxylation is 2. The van der Waals surface area contributed by atoms with Crippen LogP contribution >= 0.6 is 0 Å². The fourth-order valence-corrected chi connectivity index (χ4v) is 2.57. The first-order valence-corrected chi connectivity index (χ1v) is 6.69. The van der Waals surface area contributed by atoms with Crippen LogP contribution in [0.25, 0.3) is 0 Å². The lowest BCUT2D eigenvalue weighted by atomic mass is 9.94. The molecule has 2 rings (SSSR count). The maximum atomic E-state index is 5.22. The molecule has 0 fully saturated rings. The van der Waals surface area contributed by atoms with Gasteiger partial charge in [-0.05, 0) is 48.9 Å². The molecule has 94 valence electrons. The molecule has 1 N–H and O–H groups in total. The Morgan fingerprint density at radius 1 is 1.41 bits per heavy atom. The zero-order valence-electron chi connectivity index (χ0n) is 11.0. The largest absolute Gasteiger partial charge is 0.385 e. The average molecular weight is 233 g/mol. The molecule has 0 saturated heterocycles. The molecule has 0 amide bonds. The van der Waals surface area contributed by atoms with Gasteiger partial charge in [0.15, 0.2) is 0 Å². The van der Waals surface area contributed by atoms with Gasteiger partial charge in [-0.15, -0.1) is 0 Å². The van der Waals surface area contributed by atoms with Crippen molar-refractivity contribution in [3.05, 3.63) is 34.9 Å². The van der Waals surface area contributed by atoms with Crippen LogP contribution < -0.4 is 5.32 Å². The van der Waals surface area contributed by atoms with Crippen LogP contribution in [0.3, 0.4) is 0 Å². The minimum Gasteiger partial charge on any atom is -0.385 e. The van der Waals surface area contributed by atoms with Gasteiger partial charge in [0.2, 0.25) is 0 Å². The van der Waals surface area contributed by atoms with Crippen LogP contribution in [0.5, 0.6) is 0 Å². The normalized spacial score (nSPS) is 19.8. The molecule has 1 aliphatic heterocycles. The van der Waals surface area contributed by atoms with Gasteiger partial charge in [0.1, 0.15) is 0 Å². The Hall–Kier alpha value is -0.860. The van der Waals surface area contributed by atoms with Crippen LogP contribution in [-0.2, 0) is 17.6 Å². The Morgan fingerprint density at radius 2 is 2.29 bits per heavy atom. The smallest absolute Gasteiger partial charge is 0.0480 e. The van der Waals surface area contributed by atoms with E-state index >= 15 is 0 Å². The molecule has 1 aromatic carbocycles. The van der Waals surface area contributed by atoms with Crippen molar-refractivity contribution < 1.29 is 4.74 Å². The van der Waals surface area contributed by atoms with Gasteiger partial charge < -0.3 is 10.1 Å². The maximum Gasteiger partial charge on any atom is 0.0480 e. The van der Waals surface area contributed by atoms with Crippen molar-refractivity contribution >= 4 is 0 Å². The van der Waals surface area contributed by atoms with Crippen LogP contribution in [0.4, 0.5) is 0 Å². The van der Waals surface area contributed by atoms with E-state index in [2.05, 4.69) is 30.4 Å². The predicted octanol–water partition coefficient (Wildman–Crippen LogP) is 2.86. The molecular weight excluding hydrogens is 210 g/mol. The third-order valence-corrected chi connectivity index (χ3v) is 3.62. The van der Waals surface area contributed by atoms with Crippen LogP contribution in [-0.4, -0.2) is 20.3 Å². The number of methoxy groups -OCH3 is 1. The molecule has 0 aliphatic carbocycles. The Morgan fingerprint density at radius 3 is 3.06 bits per heavy atom. The van der Waals surface area contributed by atoms with E-state index in [-0.39, 0.29) is 0 Å². The number of ether oxygens (including phenoxy) is 1. The highest BCUT2D eigenvalue weighted by molar-refractivity contribution is 5.35. The molecule has 2 nitrogen and oxygen atoms in total. The van der Waals surface area contributed by atoms with Crippen molar-refractivity contribution in [2.24, 2.45) is 0 Å². The van der Waals surface area contributed by atoms with Gasteiger partial charge in [0.05, 0.1) is 0 Å². The van der Waals surface area contributed by atoms with Crippen molar-refractivity contribution in [2.75, 3.05) is 20.3 Å². The Balaban J connectivity index is 2.25. The second-order valence-electron chi connectivity index (χ2n) is 4.78. The Labute approximate surface area is 104 Å². The minimum atomic E-state index is 0.471. The molecule has 0 radical (unpaired) electrons. The first-order valence-electron chi connectivity index (χ1n) is 6.69. The lowest BCUT2D eigenvalue weighted by Crippen LogP contribution is -2.22. The molecule has 2 heteroatoms. The van der Waals surface area contributed by atoms with Gasteiger partial charge in [-0.2, -0.15) is 0 Å². The number of hydrogen-bond acceptors (Lipinski definition) is 2. The molecule has 1 aliphatic rings. The highest BCUT2D eigenvalue weighted by Crippen LogP contribution is 2.26. The van der Waals surface area contributed by atoms with Gasteiger partial charge in [0, 0.05) is 19.8 Å². The van der Waals surface area contributed by atoms with Gasteiger partial charge in [-0.25, -0.2) is 0 Å². The first-order chi connectivity index (χ1) is 8.35. The Kier molecular flexibility index (Phi) is 4.57. The molecule has 1 aromatic rings. The second kappa shape index (κ2) is 6.18. The maximum absolute atomic E-state index is 5.22. The summed E-state index contributed by atoms with van der Waals surface area (Å²) in [4.78, 5) is 0. The van der Waals surface area contributed by atoms with Gasteiger partial charge in [-0.3, -0.25) is 0 Å². The number of hydrogen-bond donors (Lipinski definition) is 1. The second-order valence-corrected chi connectivity index (χ2v) is 4.78. The van der Waals surface area contributed by atoms with Crippen molar-refractivity contribution in [3.8, 4) is 0 Å². The lowest BCUT2D eigenvalue weighted by Gasteiger charge is -2.19. The number of nitrogens with one attached hydrogen (secondary N) is 1. The fourth-order valence-electron chi connectivity index (χ4n) is 2.57. The fraction of sp³-hybridized carbons (Fsp3) is 0.600. The zero-order valence-corrected chi connectivity index (χ0v) is 11.0. The monoisotopic (exact) mass is 233 g/mol. The highest BCUT2D eigenvalue weighted by Gasteiger charge is 2.17. The van der Waals surface area contributed by atoms with Crippen LogP contribution in [0.1, 0.15) is 42.5 Å². The van der Waals surface area contributed by atoms with E-state index in [1.54, 1.807) is 7.11 Å². The zero-order chi connectivity index (χ0) is 12.1. The summed E-state index contributed by atoms with van der Waals surface area (Å²) in [6.07, 6.45) is 4.62. The van der Waals surface area contributed by atoms with E-state index in [9.17, 15) is 0 Å². The van der Waals surface area contributed by atoms with Crippen LogP contribution in [0.15, 0.2) is 18.2 Å². The molecular formula is C15H23NO. The summed E-state index contributed by atoms with van der Waals surface area (Å²) < 4.78 is 5.22. The third kappa shape index (κ3) is 3.08. The molecule has 0 bridgehead atoms. The number of rotatable bonds is 4. The van der Waals surface area contributed by atoms with Crippen molar-refractivity contribution in [2.45, 2.75) is 38.6 Å². The van der Waals surface area contributed by atoms with Crippen molar-refractivity contribution in [1.82, 2.24) is 5.32 Å². The Bertz CT molecular complexity index is 362. The standard InChI is InChI=1S/C15H23NO/c1-3-12-6-7-13-5-4-9-16-15(8-10-17-2)14(13)11-12/h6-7,11,15-16H,3-5,8-10H2,1-2H3. The van der Waals surface area contributed by atoms with Crippen molar-refractivity contribution in [1.29, 1.82) is 0 Å². The average Bonchev–Trinajstić information content (AvgIpc) is 2.57. The van der Waals surface area contributed by atoms with E-state index < -0.39 is 0 Å². The number of benzene rings is 1. The summed E-state index contributed by atoms with van der Waals surface area (Å²) in [6.45, 7) is 4.16. The van der Waals surface area contributed by atoms with E-state index in [1.165, 1.54) is 29.5 Å². The quantitative estimate of drug-likeness (QED) is 0.863. The van der Waals surface area contributed by atoms with Crippen molar-refractivity contribution in [3.63, 3.8) is 0 Å². The van der Waals surface area contributed by atoms with Gasteiger partial charge in [0.25, 0.3) is 0 Å². The minimum absolute atomic E-state index is 0.471. The molecule has 0 spiro atoms. The van der Waals surface area contributed by atoms with E-state index in [0.717, 1.165) is 26.0 Å². The van der Waals surface area contributed by atoms with Crippen LogP contribution in [0, 0.1) is 0 Å². The summed E-state index contributed by atoms with van der Waals surface area (Å²) in [7, 11) is 1.78. The topological polar surface area (TPSA) is 21.3 Å². The summed E-state index contributed by atoms with van der Waals surface area (Å²) in [6, 6.07) is 7.45.